The van der Waals surface area contributed by atoms with Gasteiger partial charge in [0.2, 0.25) is 5.91 Å². The second-order valence-corrected chi connectivity index (χ2v) is 7.16. The summed E-state index contributed by atoms with van der Waals surface area (Å²) in [5.74, 6) is -0.324. The summed E-state index contributed by atoms with van der Waals surface area (Å²) >= 11 is 12.1. The summed E-state index contributed by atoms with van der Waals surface area (Å²) in [5, 5.41) is 8.43. The molecule has 0 bridgehead atoms. The fourth-order valence-corrected chi connectivity index (χ4v) is 3.29. The van der Waals surface area contributed by atoms with E-state index in [4.69, 9.17) is 23.2 Å². The molecule has 0 aliphatic rings. The van der Waals surface area contributed by atoms with Crippen molar-refractivity contribution in [3.05, 3.63) is 87.0 Å². The number of benzene rings is 2. The summed E-state index contributed by atoms with van der Waals surface area (Å²) in [6.07, 6.45) is 2.77. The first-order valence-corrected chi connectivity index (χ1v) is 9.48. The van der Waals surface area contributed by atoms with Gasteiger partial charge in [0.1, 0.15) is 18.3 Å². The summed E-state index contributed by atoms with van der Waals surface area (Å²) in [6.45, 7) is 0.115. The van der Waals surface area contributed by atoms with E-state index in [1.807, 2.05) is 24.3 Å². The molecule has 0 saturated carbocycles. The van der Waals surface area contributed by atoms with Crippen LogP contribution in [-0.2, 0) is 17.9 Å². The van der Waals surface area contributed by atoms with Crippen LogP contribution in [0.5, 0.6) is 0 Å². The van der Waals surface area contributed by atoms with Gasteiger partial charge in [0, 0.05) is 16.6 Å². The Morgan fingerprint density at radius 1 is 1.10 bits per heavy atom. The Morgan fingerprint density at radius 3 is 2.72 bits per heavy atom. The van der Waals surface area contributed by atoms with Gasteiger partial charge in [0.25, 0.3) is 5.56 Å². The van der Waals surface area contributed by atoms with E-state index in [1.54, 1.807) is 24.3 Å². The number of aromatic nitrogens is 4. The number of nitrogens with zero attached hydrogens (tertiary/aromatic N) is 4. The molecule has 0 atom stereocenters. The van der Waals surface area contributed by atoms with Gasteiger partial charge in [-0.05, 0) is 29.8 Å². The molecule has 0 saturated heterocycles. The van der Waals surface area contributed by atoms with Gasteiger partial charge in [-0.2, -0.15) is 5.10 Å². The Hall–Kier alpha value is -3.16. The van der Waals surface area contributed by atoms with Crippen molar-refractivity contribution in [1.29, 1.82) is 0 Å². The first-order chi connectivity index (χ1) is 14.0. The summed E-state index contributed by atoms with van der Waals surface area (Å²) in [4.78, 5) is 29.3. The van der Waals surface area contributed by atoms with Gasteiger partial charge in [-0.1, -0.05) is 47.5 Å². The number of fused-ring (bicyclic) bond motifs is 1. The summed E-state index contributed by atoms with van der Waals surface area (Å²) in [7, 11) is 0. The molecule has 0 aliphatic heterocycles. The van der Waals surface area contributed by atoms with Crippen molar-refractivity contribution in [3.63, 3.8) is 0 Å². The van der Waals surface area contributed by atoms with E-state index < -0.39 is 0 Å². The molecule has 9 heteroatoms. The van der Waals surface area contributed by atoms with Gasteiger partial charge in [-0.25, -0.2) is 9.67 Å². The van der Waals surface area contributed by atoms with Crippen LogP contribution in [0.25, 0.3) is 16.7 Å². The SMILES string of the molecule is O=C(Cn1cnc2c(cnn2-c2cccc(Cl)c2)c1=O)NCc1ccccc1Cl. The molecule has 2 aromatic heterocycles. The predicted molar refractivity (Wildman–Crippen MR) is 111 cm³/mol. The number of rotatable bonds is 5. The topological polar surface area (TPSA) is 81.8 Å². The monoisotopic (exact) mass is 427 g/mol. The Bertz CT molecular complexity index is 1270. The van der Waals surface area contributed by atoms with Crippen molar-refractivity contribution in [2.75, 3.05) is 0 Å². The molecule has 4 aromatic rings. The highest BCUT2D eigenvalue weighted by molar-refractivity contribution is 6.31. The van der Waals surface area contributed by atoms with Crippen LogP contribution in [0.3, 0.4) is 0 Å². The summed E-state index contributed by atoms with van der Waals surface area (Å²) in [5.41, 5.74) is 1.53. The zero-order valence-electron chi connectivity index (χ0n) is 15.0. The molecule has 2 heterocycles. The maximum absolute atomic E-state index is 12.7. The number of hydrogen-bond acceptors (Lipinski definition) is 4. The van der Waals surface area contributed by atoms with Crippen molar-refractivity contribution in [2.45, 2.75) is 13.1 Å². The van der Waals surface area contributed by atoms with Gasteiger partial charge in [0.05, 0.1) is 11.9 Å². The van der Waals surface area contributed by atoms with Crippen LogP contribution in [0.15, 0.2) is 65.8 Å². The third-order valence-corrected chi connectivity index (χ3v) is 4.96. The highest BCUT2D eigenvalue weighted by Crippen LogP contribution is 2.17. The number of carbonyl (C=O) groups excluding carboxylic acids is 1. The van der Waals surface area contributed by atoms with Gasteiger partial charge in [-0.3, -0.25) is 14.2 Å². The lowest BCUT2D eigenvalue weighted by Gasteiger charge is -2.09. The largest absolute Gasteiger partial charge is 0.350 e. The summed E-state index contributed by atoms with van der Waals surface area (Å²) < 4.78 is 2.78. The molecule has 7 nitrogen and oxygen atoms in total. The molecule has 0 spiro atoms. The average molecular weight is 428 g/mol. The van der Waals surface area contributed by atoms with E-state index in [2.05, 4.69) is 15.4 Å². The Labute approximate surface area is 175 Å². The maximum Gasteiger partial charge on any atom is 0.264 e. The van der Waals surface area contributed by atoms with Gasteiger partial charge in [0.15, 0.2) is 5.65 Å². The van der Waals surface area contributed by atoms with Crippen molar-refractivity contribution in [1.82, 2.24) is 24.6 Å². The van der Waals surface area contributed by atoms with E-state index in [0.717, 1.165) is 5.56 Å². The van der Waals surface area contributed by atoms with Crippen LogP contribution < -0.4 is 10.9 Å². The van der Waals surface area contributed by atoms with Crippen molar-refractivity contribution >= 4 is 40.1 Å². The first kappa shape index (κ1) is 19.2. The molecule has 0 radical (unpaired) electrons. The second kappa shape index (κ2) is 8.06. The molecule has 2 aromatic carbocycles. The van der Waals surface area contributed by atoms with E-state index in [1.165, 1.54) is 21.8 Å². The van der Waals surface area contributed by atoms with Gasteiger partial charge in [-0.15, -0.1) is 0 Å². The Balaban J connectivity index is 1.54. The van der Waals surface area contributed by atoms with Crippen LogP contribution in [-0.4, -0.2) is 25.2 Å². The minimum atomic E-state index is -0.351. The maximum atomic E-state index is 12.7. The van der Waals surface area contributed by atoms with Crippen molar-refractivity contribution in [2.24, 2.45) is 0 Å². The van der Waals surface area contributed by atoms with Crippen LogP contribution >= 0.6 is 23.2 Å². The Kier molecular flexibility index (Phi) is 5.33. The van der Waals surface area contributed by atoms with Crippen LogP contribution in [0.2, 0.25) is 10.0 Å². The standard InChI is InChI=1S/C20H15Cl2N5O2/c21-14-5-3-6-15(8-14)27-19-16(10-25-27)20(29)26(12-24-19)11-18(28)23-9-13-4-1-2-7-17(13)22/h1-8,10,12H,9,11H2,(H,23,28). The van der Waals surface area contributed by atoms with E-state index in [9.17, 15) is 9.59 Å². The number of halogens is 2. The molecule has 1 amide bonds. The lowest BCUT2D eigenvalue weighted by molar-refractivity contribution is -0.121. The quantitative estimate of drug-likeness (QED) is 0.530. The van der Waals surface area contributed by atoms with Crippen LogP contribution in [0, 0.1) is 0 Å². The number of nitrogens with one attached hydrogen (secondary N) is 1. The second-order valence-electron chi connectivity index (χ2n) is 6.32. The van der Waals surface area contributed by atoms with Crippen molar-refractivity contribution in [3.8, 4) is 5.69 Å². The first-order valence-electron chi connectivity index (χ1n) is 8.72. The number of carbonyl (C=O) groups is 1. The van der Waals surface area contributed by atoms with Crippen molar-refractivity contribution < 1.29 is 4.79 Å². The van der Waals surface area contributed by atoms with Gasteiger partial charge >= 0.3 is 0 Å². The summed E-state index contributed by atoms with van der Waals surface area (Å²) in [6, 6.07) is 14.3. The van der Waals surface area contributed by atoms with E-state index in [0.29, 0.717) is 26.8 Å². The Morgan fingerprint density at radius 2 is 1.93 bits per heavy atom. The number of hydrogen-bond donors (Lipinski definition) is 1. The molecule has 0 fully saturated rings. The predicted octanol–water partition coefficient (Wildman–Crippen LogP) is 3.21. The third kappa shape index (κ3) is 4.01. The molecular formula is C20H15Cl2N5O2. The van der Waals surface area contributed by atoms with Gasteiger partial charge < -0.3 is 5.32 Å². The molecule has 1 N–H and O–H groups in total. The lowest BCUT2D eigenvalue weighted by atomic mass is 10.2. The lowest BCUT2D eigenvalue weighted by Crippen LogP contribution is -2.32. The molecule has 4 rings (SSSR count). The fourth-order valence-electron chi connectivity index (χ4n) is 2.90. The minimum Gasteiger partial charge on any atom is -0.350 e. The van der Waals surface area contributed by atoms with Crippen LogP contribution in [0.4, 0.5) is 0 Å². The molecule has 0 unspecified atom stereocenters. The van der Waals surface area contributed by atoms with E-state index in [-0.39, 0.29) is 24.6 Å². The van der Waals surface area contributed by atoms with E-state index >= 15 is 0 Å². The molecular weight excluding hydrogens is 413 g/mol. The molecule has 146 valence electrons. The average Bonchev–Trinajstić information content (AvgIpc) is 3.14. The normalized spacial score (nSPS) is 11.0. The minimum absolute atomic E-state index is 0.158. The van der Waals surface area contributed by atoms with Crippen LogP contribution in [0.1, 0.15) is 5.56 Å². The molecule has 0 aliphatic carbocycles. The zero-order chi connectivity index (χ0) is 20.4. The highest BCUT2D eigenvalue weighted by atomic mass is 35.5. The highest BCUT2D eigenvalue weighted by Gasteiger charge is 2.13. The molecule has 29 heavy (non-hydrogen) atoms. The fraction of sp³-hybridized carbons (Fsp3) is 0.100. The zero-order valence-corrected chi connectivity index (χ0v) is 16.6. The third-order valence-electron chi connectivity index (χ3n) is 4.36. The smallest absolute Gasteiger partial charge is 0.264 e. The number of amides is 1.